The average Bonchev–Trinajstić information content (AvgIpc) is 2.52. The molecule has 0 unspecified atom stereocenters. The zero-order chi connectivity index (χ0) is 15.9. The van der Waals surface area contributed by atoms with Crippen molar-refractivity contribution >= 4 is 34.4 Å². The molecule has 1 heterocycles. The molecule has 1 aliphatic heterocycles. The molecule has 0 amide bonds. The Morgan fingerprint density at radius 3 is 2.82 bits per heavy atom. The maximum Gasteiger partial charge on any atom is 0.129 e. The predicted octanol–water partition coefficient (Wildman–Crippen LogP) is 4.92. The SMILES string of the molecule is C=C1N=CC(I)=CN1/C=C(\C)c1ccc(OCCCF)cc1. The Labute approximate surface area is 144 Å². The van der Waals surface area contributed by atoms with Crippen LogP contribution in [0.4, 0.5) is 4.39 Å². The van der Waals surface area contributed by atoms with Crippen LogP contribution in [0.2, 0.25) is 0 Å². The highest BCUT2D eigenvalue weighted by Gasteiger charge is 2.07. The average molecular weight is 412 g/mol. The molecule has 0 spiro atoms. The Hall–Kier alpha value is -1.63. The van der Waals surface area contributed by atoms with Gasteiger partial charge in [-0.2, -0.15) is 0 Å². The fourth-order valence-corrected chi connectivity index (χ4v) is 2.34. The monoisotopic (exact) mass is 412 g/mol. The molecule has 0 aromatic heterocycles. The van der Waals surface area contributed by atoms with Gasteiger partial charge < -0.3 is 9.64 Å². The molecule has 116 valence electrons. The molecule has 0 N–H and O–H groups in total. The van der Waals surface area contributed by atoms with Gasteiger partial charge in [-0.15, -0.1) is 0 Å². The van der Waals surface area contributed by atoms with Crippen LogP contribution in [-0.4, -0.2) is 24.4 Å². The van der Waals surface area contributed by atoms with Gasteiger partial charge in [-0.3, -0.25) is 4.39 Å². The normalized spacial score (nSPS) is 15.0. The molecule has 1 aliphatic rings. The zero-order valence-corrected chi connectivity index (χ0v) is 14.6. The van der Waals surface area contributed by atoms with Crippen molar-refractivity contribution in [2.24, 2.45) is 4.99 Å². The van der Waals surface area contributed by atoms with Crippen LogP contribution in [0.5, 0.6) is 5.75 Å². The minimum atomic E-state index is -0.353. The summed E-state index contributed by atoms with van der Waals surface area (Å²) in [5.41, 5.74) is 2.18. The van der Waals surface area contributed by atoms with Crippen molar-refractivity contribution in [2.45, 2.75) is 13.3 Å². The molecule has 0 fully saturated rings. The summed E-state index contributed by atoms with van der Waals surface area (Å²) in [5, 5.41) is 0. The van der Waals surface area contributed by atoms with Crippen LogP contribution in [0.1, 0.15) is 18.9 Å². The van der Waals surface area contributed by atoms with Gasteiger partial charge in [-0.1, -0.05) is 18.7 Å². The first-order chi connectivity index (χ1) is 10.6. The Balaban J connectivity index is 2.06. The van der Waals surface area contributed by atoms with Crippen molar-refractivity contribution in [3.63, 3.8) is 0 Å². The minimum absolute atomic E-state index is 0.353. The second kappa shape index (κ2) is 8.12. The van der Waals surface area contributed by atoms with E-state index < -0.39 is 0 Å². The minimum Gasteiger partial charge on any atom is -0.493 e. The molecular formula is C17H18FIN2O. The summed E-state index contributed by atoms with van der Waals surface area (Å²) in [4.78, 5) is 6.14. The fourth-order valence-electron chi connectivity index (χ4n) is 1.90. The number of rotatable bonds is 6. The van der Waals surface area contributed by atoms with Crippen molar-refractivity contribution in [1.82, 2.24) is 4.90 Å². The summed E-state index contributed by atoms with van der Waals surface area (Å²) in [6, 6.07) is 7.77. The molecule has 2 rings (SSSR count). The number of allylic oxidation sites excluding steroid dienone is 2. The quantitative estimate of drug-likeness (QED) is 0.490. The summed E-state index contributed by atoms with van der Waals surface area (Å²) in [6.07, 6.45) is 6.18. The molecule has 22 heavy (non-hydrogen) atoms. The highest BCUT2D eigenvalue weighted by molar-refractivity contribution is 14.1. The fraction of sp³-hybridized carbons (Fsp3) is 0.235. The Bertz CT molecular complexity index is 620. The van der Waals surface area contributed by atoms with Gasteiger partial charge in [0.25, 0.3) is 0 Å². The van der Waals surface area contributed by atoms with E-state index in [1.54, 1.807) is 6.21 Å². The van der Waals surface area contributed by atoms with Gasteiger partial charge in [-0.25, -0.2) is 4.99 Å². The topological polar surface area (TPSA) is 24.8 Å². The number of aliphatic imine (C=N–C) groups is 1. The second-order valence-electron chi connectivity index (χ2n) is 4.82. The van der Waals surface area contributed by atoms with Crippen molar-refractivity contribution < 1.29 is 9.13 Å². The van der Waals surface area contributed by atoms with Crippen LogP contribution in [0.25, 0.3) is 5.57 Å². The lowest BCUT2D eigenvalue weighted by Gasteiger charge is -2.19. The standard InChI is InChI=1S/C17H18FIN2O/c1-13(11-21-12-16(19)10-20-14(21)2)15-4-6-17(7-5-15)22-9-3-8-18/h4-7,10-12H,2-3,8-9H2,1H3/b13-11+. The summed E-state index contributed by atoms with van der Waals surface area (Å²) >= 11 is 2.22. The number of benzene rings is 1. The third-order valence-corrected chi connectivity index (χ3v) is 3.64. The maximum absolute atomic E-state index is 12.0. The highest BCUT2D eigenvalue weighted by atomic mass is 127. The van der Waals surface area contributed by atoms with Gasteiger partial charge in [0.1, 0.15) is 11.6 Å². The lowest BCUT2D eigenvalue weighted by molar-refractivity contribution is 0.289. The molecular weight excluding hydrogens is 394 g/mol. The molecule has 1 aromatic carbocycles. The molecule has 1 aromatic rings. The van der Waals surface area contributed by atoms with Gasteiger partial charge in [0, 0.05) is 28.6 Å². The third kappa shape index (κ3) is 4.69. The van der Waals surface area contributed by atoms with Crippen LogP contribution in [-0.2, 0) is 0 Å². The molecule has 0 radical (unpaired) electrons. The zero-order valence-electron chi connectivity index (χ0n) is 12.4. The van der Waals surface area contributed by atoms with Crippen LogP contribution in [0, 0.1) is 0 Å². The first-order valence-corrected chi connectivity index (χ1v) is 8.04. The van der Waals surface area contributed by atoms with E-state index in [1.165, 1.54) is 0 Å². The molecule has 0 aliphatic carbocycles. The van der Waals surface area contributed by atoms with Crippen LogP contribution in [0.15, 0.2) is 57.6 Å². The molecule has 0 bridgehead atoms. The largest absolute Gasteiger partial charge is 0.493 e. The van der Waals surface area contributed by atoms with Gasteiger partial charge >= 0.3 is 0 Å². The number of hydrogen-bond donors (Lipinski definition) is 0. The van der Waals surface area contributed by atoms with Crippen molar-refractivity contribution in [3.05, 3.63) is 58.2 Å². The molecule has 0 saturated heterocycles. The molecule has 0 saturated carbocycles. The van der Waals surface area contributed by atoms with E-state index in [0.29, 0.717) is 18.8 Å². The van der Waals surface area contributed by atoms with Gasteiger partial charge in [0.2, 0.25) is 0 Å². The number of nitrogens with zero attached hydrogens (tertiary/aromatic N) is 2. The smallest absolute Gasteiger partial charge is 0.129 e. The Kier molecular flexibility index (Phi) is 6.18. The first-order valence-electron chi connectivity index (χ1n) is 6.96. The lowest BCUT2D eigenvalue weighted by atomic mass is 10.1. The van der Waals surface area contributed by atoms with E-state index in [-0.39, 0.29) is 6.67 Å². The first kappa shape index (κ1) is 16.7. The third-order valence-electron chi connectivity index (χ3n) is 3.09. The lowest BCUT2D eigenvalue weighted by Crippen LogP contribution is -2.11. The highest BCUT2D eigenvalue weighted by Crippen LogP contribution is 2.23. The Morgan fingerprint density at radius 1 is 1.41 bits per heavy atom. The van der Waals surface area contributed by atoms with Crippen LogP contribution in [0.3, 0.4) is 0 Å². The van der Waals surface area contributed by atoms with E-state index in [1.807, 2.05) is 48.5 Å². The van der Waals surface area contributed by atoms with Crippen LogP contribution < -0.4 is 4.74 Å². The number of halogens is 2. The van der Waals surface area contributed by atoms with E-state index in [0.717, 1.165) is 20.5 Å². The summed E-state index contributed by atoms with van der Waals surface area (Å²) in [5.74, 6) is 1.44. The Morgan fingerprint density at radius 2 is 2.14 bits per heavy atom. The van der Waals surface area contributed by atoms with E-state index >= 15 is 0 Å². The molecule has 0 atom stereocenters. The summed E-state index contributed by atoms with van der Waals surface area (Å²) < 4.78 is 18.5. The number of hydrogen-bond acceptors (Lipinski definition) is 3. The maximum atomic E-state index is 12.0. The summed E-state index contributed by atoms with van der Waals surface area (Å²) in [6.45, 7) is 6.00. The molecule has 5 heteroatoms. The summed E-state index contributed by atoms with van der Waals surface area (Å²) in [7, 11) is 0. The van der Waals surface area contributed by atoms with Gasteiger partial charge in [0.15, 0.2) is 0 Å². The van der Waals surface area contributed by atoms with E-state index in [2.05, 4.69) is 34.2 Å². The van der Waals surface area contributed by atoms with E-state index in [4.69, 9.17) is 4.74 Å². The van der Waals surface area contributed by atoms with Crippen molar-refractivity contribution in [3.8, 4) is 5.75 Å². The van der Waals surface area contributed by atoms with E-state index in [9.17, 15) is 4.39 Å². The van der Waals surface area contributed by atoms with Crippen LogP contribution >= 0.6 is 22.6 Å². The van der Waals surface area contributed by atoms with Crippen molar-refractivity contribution in [1.29, 1.82) is 0 Å². The van der Waals surface area contributed by atoms with Crippen molar-refractivity contribution in [2.75, 3.05) is 13.3 Å². The van der Waals surface area contributed by atoms with Gasteiger partial charge in [0.05, 0.1) is 13.3 Å². The number of alkyl halides is 1. The molecule has 3 nitrogen and oxygen atoms in total. The second-order valence-corrected chi connectivity index (χ2v) is 6.07. The van der Waals surface area contributed by atoms with Gasteiger partial charge in [-0.05, 0) is 52.8 Å². The predicted molar refractivity (Wildman–Crippen MR) is 97.8 cm³/mol. The number of ether oxygens (including phenoxy) is 1.